The van der Waals surface area contributed by atoms with Crippen molar-refractivity contribution in [3.05, 3.63) is 123 Å². The first kappa shape index (κ1) is 25.3. The molecule has 0 radical (unpaired) electrons. The Labute approximate surface area is 220 Å². The van der Waals surface area contributed by atoms with Crippen LogP contribution < -0.4 is 14.2 Å². The molecule has 0 aliphatic carbocycles. The Morgan fingerprint density at radius 2 is 0.889 bits per heavy atom. The number of ether oxygens (including phenoxy) is 3. The highest BCUT2D eigenvalue weighted by Crippen LogP contribution is 2.34. The molecular formula is C27H15Cl3O6. The number of benzene rings is 4. The van der Waals surface area contributed by atoms with Gasteiger partial charge < -0.3 is 14.2 Å². The zero-order valence-corrected chi connectivity index (χ0v) is 20.5. The van der Waals surface area contributed by atoms with Gasteiger partial charge in [0.05, 0.1) is 16.7 Å². The van der Waals surface area contributed by atoms with E-state index >= 15 is 0 Å². The van der Waals surface area contributed by atoms with Gasteiger partial charge in [0.15, 0.2) is 11.5 Å². The van der Waals surface area contributed by atoms with Crippen LogP contribution >= 0.6 is 34.8 Å². The molecule has 4 aromatic carbocycles. The van der Waals surface area contributed by atoms with E-state index in [-0.39, 0.29) is 33.9 Å². The van der Waals surface area contributed by atoms with Gasteiger partial charge in [-0.3, -0.25) is 0 Å². The van der Waals surface area contributed by atoms with E-state index in [0.29, 0.717) is 15.1 Å². The van der Waals surface area contributed by atoms with Gasteiger partial charge >= 0.3 is 17.9 Å². The second-order valence-corrected chi connectivity index (χ2v) is 8.62. The second-order valence-electron chi connectivity index (χ2n) is 7.31. The summed E-state index contributed by atoms with van der Waals surface area (Å²) < 4.78 is 16.3. The largest absolute Gasteiger partial charge is 0.423 e. The summed E-state index contributed by atoms with van der Waals surface area (Å²) in [5.74, 6) is -2.40. The maximum Gasteiger partial charge on any atom is 0.343 e. The molecule has 0 heterocycles. The van der Waals surface area contributed by atoms with Gasteiger partial charge in [-0.15, -0.1) is 0 Å². The molecule has 0 saturated carbocycles. The summed E-state index contributed by atoms with van der Waals surface area (Å²) in [5.41, 5.74) is 0.568. The fourth-order valence-corrected chi connectivity index (χ4v) is 3.62. The summed E-state index contributed by atoms with van der Waals surface area (Å²) in [6.45, 7) is 0. The minimum atomic E-state index is -0.768. The van der Waals surface area contributed by atoms with Crippen LogP contribution in [0.3, 0.4) is 0 Å². The van der Waals surface area contributed by atoms with Crippen LogP contribution in [0.25, 0.3) is 0 Å². The van der Waals surface area contributed by atoms with Crippen molar-refractivity contribution in [2.75, 3.05) is 0 Å². The minimum absolute atomic E-state index is 0.0384. The van der Waals surface area contributed by atoms with Crippen LogP contribution in [0.2, 0.25) is 15.1 Å². The Bertz CT molecular complexity index is 1470. The zero-order valence-electron chi connectivity index (χ0n) is 18.2. The number of rotatable bonds is 6. The van der Waals surface area contributed by atoms with E-state index in [1.165, 1.54) is 54.6 Å². The van der Waals surface area contributed by atoms with Crippen molar-refractivity contribution < 1.29 is 28.6 Å². The van der Waals surface area contributed by atoms with E-state index < -0.39 is 17.9 Å². The van der Waals surface area contributed by atoms with Gasteiger partial charge in [-0.2, -0.15) is 0 Å². The lowest BCUT2D eigenvalue weighted by Crippen LogP contribution is -2.13. The fraction of sp³-hybridized carbons (Fsp3) is 0. The van der Waals surface area contributed by atoms with Crippen LogP contribution in [0.5, 0.6) is 17.2 Å². The molecule has 4 aromatic rings. The van der Waals surface area contributed by atoms with Gasteiger partial charge in [0.2, 0.25) is 0 Å². The van der Waals surface area contributed by atoms with Gasteiger partial charge in [0.1, 0.15) is 5.75 Å². The number of hydrogen-bond donors (Lipinski definition) is 0. The quantitative estimate of drug-likeness (QED) is 0.188. The predicted molar refractivity (Wildman–Crippen MR) is 136 cm³/mol. The molecule has 0 bridgehead atoms. The van der Waals surface area contributed by atoms with E-state index in [2.05, 4.69) is 0 Å². The molecule has 0 aliphatic rings. The van der Waals surface area contributed by atoms with Gasteiger partial charge in [0.25, 0.3) is 0 Å². The molecule has 0 unspecified atom stereocenters. The molecule has 36 heavy (non-hydrogen) atoms. The van der Waals surface area contributed by atoms with Crippen molar-refractivity contribution in [3.8, 4) is 17.2 Å². The first-order valence-corrected chi connectivity index (χ1v) is 11.5. The molecule has 9 heteroatoms. The summed E-state index contributed by atoms with van der Waals surface area (Å²) in [5, 5.41) is 1.05. The van der Waals surface area contributed by atoms with Gasteiger partial charge in [-0.1, -0.05) is 53.0 Å². The third-order valence-electron chi connectivity index (χ3n) is 4.71. The Morgan fingerprint density at radius 3 is 1.33 bits per heavy atom. The molecule has 180 valence electrons. The van der Waals surface area contributed by atoms with E-state index in [1.807, 2.05) is 0 Å². The first-order valence-electron chi connectivity index (χ1n) is 10.4. The van der Waals surface area contributed by atoms with Gasteiger partial charge in [-0.05, 0) is 66.7 Å². The molecule has 0 amide bonds. The lowest BCUT2D eigenvalue weighted by atomic mass is 10.2. The van der Waals surface area contributed by atoms with Crippen molar-refractivity contribution in [2.45, 2.75) is 0 Å². The van der Waals surface area contributed by atoms with Crippen LogP contribution in [-0.2, 0) is 0 Å². The molecule has 0 aromatic heterocycles. The number of hydrogen-bond acceptors (Lipinski definition) is 6. The lowest BCUT2D eigenvalue weighted by Gasteiger charge is -2.13. The number of halogens is 3. The predicted octanol–water partition coefficient (Wildman–Crippen LogP) is 7.30. The van der Waals surface area contributed by atoms with E-state index in [4.69, 9.17) is 49.0 Å². The standard InChI is InChI=1S/C27H15Cl3O6/c28-19-7-1-4-16(12-19)25(31)34-22-10-11-23(35-26(32)17-5-2-8-20(29)13-17)24(15-22)36-27(33)18-6-3-9-21(30)14-18/h1-15H. The SMILES string of the molecule is O=C(Oc1ccc(OC(=O)c2cccc(Cl)c2)c(OC(=O)c2cccc(Cl)c2)c1)c1cccc(Cl)c1. The fourth-order valence-electron chi connectivity index (χ4n) is 3.05. The molecule has 0 spiro atoms. The second kappa shape index (κ2) is 11.3. The molecule has 0 atom stereocenters. The molecule has 0 aliphatic heterocycles. The Balaban J connectivity index is 1.63. The number of carbonyl (C=O) groups excluding carboxylic acids is 3. The Hall–Kier alpha value is -3.84. The van der Waals surface area contributed by atoms with E-state index in [1.54, 1.807) is 36.4 Å². The average Bonchev–Trinajstić information content (AvgIpc) is 2.85. The van der Waals surface area contributed by atoms with Crippen molar-refractivity contribution in [1.82, 2.24) is 0 Å². The zero-order chi connectivity index (χ0) is 25.7. The summed E-state index contributed by atoms with van der Waals surface area (Å²) in [6, 6.07) is 22.5. The van der Waals surface area contributed by atoms with Crippen LogP contribution in [0, 0.1) is 0 Å². The Kier molecular flexibility index (Phi) is 7.90. The van der Waals surface area contributed by atoms with Gasteiger partial charge in [-0.25, -0.2) is 14.4 Å². The van der Waals surface area contributed by atoms with Gasteiger partial charge in [0, 0.05) is 21.1 Å². The highest BCUT2D eigenvalue weighted by Gasteiger charge is 2.19. The first-order chi connectivity index (χ1) is 17.3. The smallest absolute Gasteiger partial charge is 0.343 e. The summed E-state index contributed by atoms with van der Waals surface area (Å²) in [7, 11) is 0. The number of carbonyl (C=O) groups is 3. The highest BCUT2D eigenvalue weighted by molar-refractivity contribution is 6.31. The molecule has 0 fully saturated rings. The van der Waals surface area contributed by atoms with Crippen LogP contribution in [-0.4, -0.2) is 17.9 Å². The minimum Gasteiger partial charge on any atom is -0.423 e. The van der Waals surface area contributed by atoms with Crippen molar-refractivity contribution in [3.63, 3.8) is 0 Å². The lowest BCUT2D eigenvalue weighted by molar-refractivity contribution is 0.0679. The molecule has 6 nitrogen and oxygen atoms in total. The molecular weight excluding hydrogens is 527 g/mol. The normalized spacial score (nSPS) is 10.4. The maximum atomic E-state index is 12.8. The Morgan fingerprint density at radius 1 is 0.472 bits per heavy atom. The third-order valence-corrected chi connectivity index (χ3v) is 5.42. The van der Waals surface area contributed by atoms with Crippen molar-refractivity contribution in [2.24, 2.45) is 0 Å². The summed E-state index contributed by atoms with van der Waals surface area (Å²) >= 11 is 17.9. The highest BCUT2D eigenvalue weighted by atomic mass is 35.5. The average molecular weight is 542 g/mol. The van der Waals surface area contributed by atoms with Crippen molar-refractivity contribution in [1.29, 1.82) is 0 Å². The number of esters is 3. The summed E-state index contributed by atoms with van der Waals surface area (Å²) in [4.78, 5) is 37.9. The van der Waals surface area contributed by atoms with Crippen LogP contribution in [0.1, 0.15) is 31.1 Å². The third kappa shape index (κ3) is 6.43. The van der Waals surface area contributed by atoms with E-state index in [0.717, 1.165) is 0 Å². The molecule has 0 N–H and O–H groups in total. The van der Waals surface area contributed by atoms with E-state index in [9.17, 15) is 14.4 Å². The van der Waals surface area contributed by atoms with Crippen molar-refractivity contribution >= 4 is 52.7 Å². The molecule has 4 rings (SSSR count). The molecule has 0 saturated heterocycles. The van der Waals surface area contributed by atoms with Crippen LogP contribution in [0.4, 0.5) is 0 Å². The maximum absolute atomic E-state index is 12.8. The monoisotopic (exact) mass is 540 g/mol. The topological polar surface area (TPSA) is 78.9 Å². The van der Waals surface area contributed by atoms with Crippen LogP contribution in [0.15, 0.2) is 91.0 Å². The summed E-state index contributed by atoms with van der Waals surface area (Å²) in [6.07, 6.45) is 0.